The maximum absolute atomic E-state index is 9.99. The third-order valence-electron chi connectivity index (χ3n) is 5.05. The van der Waals surface area contributed by atoms with E-state index in [1.165, 1.54) is 11.8 Å². The van der Waals surface area contributed by atoms with Crippen LogP contribution in [0.2, 0.25) is 0 Å². The summed E-state index contributed by atoms with van der Waals surface area (Å²) < 4.78 is 10.8. The lowest BCUT2D eigenvalue weighted by atomic mass is 10.1. The molecule has 0 saturated heterocycles. The minimum atomic E-state index is 0.344. The van der Waals surface area contributed by atoms with E-state index >= 15 is 0 Å². The summed E-state index contributed by atoms with van der Waals surface area (Å²) in [4.78, 5) is 9.17. The van der Waals surface area contributed by atoms with Crippen molar-refractivity contribution in [1.82, 2.24) is 9.97 Å². The van der Waals surface area contributed by atoms with Gasteiger partial charge in [0, 0.05) is 22.6 Å². The van der Waals surface area contributed by atoms with E-state index in [1.807, 2.05) is 66.9 Å². The normalized spacial score (nSPS) is 10.3. The molecule has 2 N–H and O–H groups in total. The maximum Gasteiger partial charge on any atom is 0.189 e. The van der Waals surface area contributed by atoms with Gasteiger partial charge in [0.1, 0.15) is 11.6 Å². The van der Waals surface area contributed by atoms with Crippen LogP contribution in [0.1, 0.15) is 5.56 Å². The third-order valence-corrected chi connectivity index (χ3v) is 5.60. The topological polar surface area (TPSA) is 92.1 Å². The van der Waals surface area contributed by atoms with E-state index in [9.17, 15) is 5.26 Å². The van der Waals surface area contributed by atoms with E-state index in [-0.39, 0.29) is 0 Å². The van der Waals surface area contributed by atoms with Crippen LogP contribution in [0.4, 0.5) is 22.9 Å². The first-order chi connectivity index (χ1) is 16.6. The number of hydrogen-bond donors (Lipinski definition) is 2. The second-order valence-electron chi connectivity index (χ2n) is 7.16. The number of benzene rings is 3. The summed E-state index contributed by atoms with van der Waals surface area (Å²) in [6.45, 7) is 0. The molecule has 0 aliphatic carbocycles. The van der Waals surface area contributed by atoms with Gasteiger partial charge in [0.2, 0.25) is 0 Å². The van der Waals surface area contributed by atoms with Crippen LogP contribution >= 0.6 is 11.8 Å². The van der Waals surface area contributed by atoms with Crippen molar-refractivity contribution in [2.45, 2.75) is 5.16 Å². The zero-order valence-electron chi connectivity index (χ0n) is 19.0. The van der Waals surface area contributed by atoms with Crippen LogP contribution in [0.15, 0.2) is 78.0 Å². The lowest BCUT2D eigenvalue weighted by molar-refractivity contribution is 0.355. The second kappa shape index (κ2) is 10.6. The molecule has 8 heteroatoms. The maximum atomic E-state index is 9.99. The average Bonchev–Trinajstić information content (AvgIpc) is 2.89. The van der Waals surface area contributed by atoms with Gasteiger partial charge in [-0.2, -0.15) is 5.26 Å². The smallest absolute Gasteiger partial charge is 0.189 e. The molecular weight excluding hydrogens is 446 g/mol. The van der Waals surface area contributed by atoms with Gasteiger partial charge in [-0.15, -0.1) is 0 Å². The number of ether oxygens (including phenoxy) is 2. The summed E-state index contributed by atoms with van der Waals surface area (Å²) in [7, 11) is 3.15. The van der Waals surface area contributed by atoms with E-state index < -0.39 is 0 Å². The number of para-hydroxylation sites is 1. The van der Waals surface area contributed by atoms with Gasteiger partial charge in [0.05, 0.1) is 19.9 Å². The van der Waals surface area contributed by atoms with Crippen molar-refractivity contribution in [2.24, 2.45) is 0 Å². The summed E-state index contributed by atoms with van der Waals surface area (Å²) >= 11 is 1.41. The number of hydrogen-bond acceptors (Lipinski definition) is 8. The van der Waals surface area contributed by atoms with E-state index in [1.54, 1.807) is 26.4 Å². The Morgan fingerprint density at radius 1 is 0.794 bits per heavy atom. The number of thioether (sulfide) groups is 1. The van der Waals surface area contributed by atoms with Crippen LogP contribution in [0.5, 0.6) is 11.5 Å². The number of methoxy groups -OCH3 is 2. The standard InChI is InChI=1S/C26H23N5O2S/c1-32-22-14-9-17(15-23(22)33-2)24-21(16-27)25(31-26(30-24)34-3)29-20-12-10-19(11-13-20)28-18-7-5-4-6-8-18/h4-15,28H,1-3H3,(H,29,30,31). The Balaban J connectivity index is 1.67. The average molecular weight is 470 g/mol. The number of aromatic nitrogens is 2. The van der Waals surface area contributed by atoms with Gasteiger partial charge in [-0.05, 0) is 60.9 Å². The molecule has 4 aromatic rings. The summed E-state index contributed by atoms with van der Waals surface area (Å²) in [5.41, 5.74) is 4.37. The number of nitrogens with one attached hydrogen (secondary N) is 2. The van der Waals surface area contributed by atoms with Crippen molar-refractivity contribution in [2.75, 3.05) is 31.1 Å². The Bertz CT molecular complexity index is 1320. The highest BCUT2D eigenvalue weighted by atomic mass is 32.2. The molecule has 0 aliphatic heterocycles. The molecule has 1 aromatic heterocycles. The zero-order valence-corrected chi connectivity index (χ0v) is 19.8. The van der Waals surface area contributed by atoms with E-state index in [0.29, 0.717) is 33.7 Å². The van der Waals surface area contributed by atoms with Gasteiger partial charge in [-0.25, -0.2) is 9.97 Å². The highest BCUT2D eigenvalue weighted by Gasteiger charge is 2.18. The molecule has 4 rings (SSSR count). The summed E-state index contributed by atoms with van der Waals surface area (Å²) in [5.74, 6) is 1.60. The van der Waals surface area contributed by atoms with E-state index in [4.69, 9.17) is 9.47 Å². The van der Waals surface area contributed by atoms with Crippen molar-refractivity contribution in [3.05, 3.63) is 78.4 Å². The molecule has 3 aromatic carbocycles. The Morgan fingerprint density at radius 3 is 2.06 bits per heavy atom. The molecule has 0 radical (unpaired) electrons. The summed E-state index contributed by atoms with van der Waals surface area (Å²) in [6.07, 6.45) is 1.90. The number of anilines is 4. The molecule has 34 heavy (non-hydrogen) atoms. The van der Waals surface area contributed by atoms with Gasteiger partial charge in [-0.3, -0.25) is 0 Å². The fourth-order valence-corrected chi connectivity index (χ4v) is 3.75. The van der Waals surface area contributed by atoms with Gasteiger partial charge in [0.25, 0.3) is 0 Å². The molecule has 0 saturated carbocycles. The Labute approximate surface area is 202 Å². The largest absolute Gasteiger partial charge is 0.493 e. The lowest BCUT2D eigenvalue weighted by Crippen LogP contribution is -2.03. The highest BCUT2D eigenvalue weighted by molar-refractivity contribution is 7.98. The number of rotatable bonds is 8. The van der Waals surface area contributed by atoms with Crippen molar-refractivity contribution in [3.63, 3.8) is 0 Å². The quantitative estimate of drug-likeness (QED) is 0.231. The van der Waals surface area contributed by atoms with Gasteiger partial charge >= 0.3 is 0 Å². The van der Waals surface area contributed by atoms with Gasteiger partial charge < -0.3 is 20.1 Å². The predicted molar refractivity (Wildman–Crippen MR) is 137 cm³/mol. The third kappa shape index (κ3) is 5.05. The van der Waals surface area contributed by atoms with Crippen LogP contribution in [0.3, 0.4) is 0 Å². The van der Waals surface area contributed by atoms with Crippen molar-refractivity contribution in [3.8, 4) is 28.8 Å². The minimum absolute atomic E-state index is 0.344. The summed E-state index contributed by atoms with van der Waals surface area (Å²) in [6, 6.07) is 25.5. The van der Waals surface area contributed by atoms with Crippen LogP contribution in [0.25, 0.3) is 11.3 Å². The lowest BCUT2D eigenvalue weighted by Gasteiger charge is -2.14. The van der Waals surface area contributed by atoms with Crippen LogP contribution in [-0.4, -0.2) is 30.4 Å². The zero-order chi connectivity index (χ0) is 23.9. The van der Waals surface area contributed by atoms with Crippen molar-refractivity contribution < 1.29 is 9.47 Å². The van der Waals surface area contributed by atoms with Crippen LogP contribution in [0, 0.1) is 11.3 Å². The Kier molecular flexibility index (Phi) is 7.16. The molecule has 0 atom stereocenters. The SMILES string of the molecule is COc1ccc(-c2nc(SC)nc(Nc3ccc(Nc4ccccc4)cc3)c2C#N)cc1OC. The molecule has 1 heterocycles. The molecule has 0 amide bonds. The second-order valence-corrected chi connectivity index (χ2v) is 7.93. The van der Waals surface area contributed by atoms with E-state index in [2.05, 4.69) is 26.7 Å². The molecule has 0 aliphatic rings. The molecule has 0 spiro atoms. The molecule has 0 bridgehead atoms. The van der Waals surface area contributed by atoms with Crippen LogP contribution < -0.4 is 20.1 Å². The van der Waals surface area contributed by atoms with Gasteiger partial charge in [-0.1, -0.05) is 30.0 Å². The first kappa shape index (κ1) is 23.0. The fourth-order valence-electron chi connectivity index (χ4n) is 3.38. The molecule has 7 nitrogen and oxygen atoms in total. The minimum Gasteiger partial charge on any atom is -0.493 e. The molecule has 170 valence electrons. The fraction of sp³-hybridized carbons (Fsp3) is 0.115. The molecule has 0 fully saturated rings. The predicted octanol–water partition coefficient (Wildman–Crippen LogP) is 6.24. The molecular formula is C26H23N5O2S. The van der Waals surface area contributed by atoms with E-state index in [0.717, 1.165) is 22.6 Å². The Hall–Kier alpha value is -4.22. The van der Waals surface area contributed by atoms with Crippen molar-refractivity contribution >= 4 is 34.6 Å². The number of nitrogens with zero attached hydrogens (tertiary/aromatic N) is 3. The monoisotopic (exact) mass is 469 g/mol. The van der Waals surface area contributed by atoms with Crippen molar-refractivity contribution in [1.29, 1.82) is 5.26 Å². The Morgan fingerprint density at radius 2 is 1.44 bits per heavy atom. The summed E-state index contributed by atoms with van der Waals surface area (Å²) in [5, 5.41) is 17.2. The van der Waals surface area contributed by atoms with Gasteiger partial charge in [0.15, 0.2) is 22.5 Å². The molecule has 0 unspecified atom stereocenters. The first-order valence-electron chi connectivity index (χ1n) is 10.4. The number of nitriles is 1. The van der Waals surface area contributed by atoms with Crippen LogP contribution in [-0.2, 0) is 0 Å². The highest BCUT2D eigenvalue weighted by Crippen LogP contribution is 2.35. The first-order valence-corrected chi connectivity index (χ1v) is 11.6.